The first-order chi connectivity index (χ1) is 10.7. The number of benzene rings is 2. The zero-order valence-electron chi connectivity index (χ0n) is 12.1. The molecule has 0 spiro atoms. The standard InChI is InChI=1S/C17H16N2O3/c1-21-15-10-7-13(8-11-15)9-12-16(20)22-19-17(18)14-5-3-2-4-6-14/h2-12H,1H3,(H2,18,19)/b12-9+. The van der Waals surface area contributed by atoms with E-state index in [2.05, 4.69) is 5.16 Å². The molecule has 112 valence electrons. The number of nitrogens with zero attached hydrogens (tertiary/aromatic N) is 1. The number of methoxy groups -OCH3 is 1. The normalized spacial score (nSPS) is 11.4. The summed E-state index contributed by atoms with van der Waals surface area (Å²) in [6.45, 7) is 0. The van der Waals surface area contributed by atoms with Crippen molar-refractivity contribution in [1.29, 1.82) is 0 Å². The van der Waals surface area contributed by atoms with Gasteiger partial charge in [-0.05, 0) is 23.8 Å². The van der Waals surface area contributed by atoms with E-state index in [9.17, 15) is 4.79 Å². The highest BCUT2D eigenvalue weighted by atomic mass is 16.7. The van der Waals surface area contributed by atoms with Crippen molar-refractivity contribution < 1.29 is 14.4 Å². The van der Waals surface area contributed by atoms with Gasteiger partial charge < -0.3 is 15.3 Å². The Labute approximate surface area is 128 Å². The second kappa shape index (κ2) is 7.64. The van der Waals surface area contributed by atoms with Crippen LogP contribution in [0.25, 0.3) is 6.08 Å². The molecule has 0 saturated heterocycles. The van der Waals surface area contributed by atoms with E-state index in [1.807, 2.05) is 30.3 Å². The molecular formula is C17H16N2O3. The molecule has 0 fully saturated rings. The fourth-order valence-corrected chi connectivity index (χ4v) is 1.67. The Morgan fingerprint density at radius 1 is 1.09 bits per heavy atom. The third-order valence-electron chi connectivity index (χ3n) is 2.83. The second-order valence-electron chi connectivity index (χ2n) is 4.36. The van der Waals surface area contributed by atoms with Gasteiger partial charge >= 0.3 is 5.97 Å². The van der Waals surface area contributed by atoms with Crippen LogP contribution in [0.5, 0.6) is 5.75 Å². The van der Waals surface area contributed by atoms with Gasteiger partial charge in [-0.15, -0.1) is 0 Å². The molecule has 0 atom stereocenters. The second-order valence-corrected chi connectivity index (χ2v) is 4.36. The van der Waals surface area contributed by atoms with Crippen molar-refractivity contribution >= 4 is 17.9 Å². The molecule has 0 aliphatic heterocycles. The number of oxime groups is 1. The molecule has 0 unspecified atom stereocenters. The highest BCUT2D eigenvalue weighted by Crippen LogP contribution is 2.12. The summed E-state index contributed by atoms with van der Waals surface area (Å²) < 4.78 is 5.05. The zero-order chi connectivity index (χ0) is 15.8. The number of hydrogen-bond acceptors (Lipinski definition) is 4. The summed E-state index contributed by atoms with van der Waals surface area (Å²) in [5.41, 5.74) is 7.25. The lowest BCUT2D eigenvalue weighted by Crippen LogP contribution is -2.14. The van der Waals surface area contributed by atoms with Crippen LogP contribution in [0.15, 0.2) is 65.8 Å². The van der Waals surface area contributed by atoms with Gasteiger partial charge in [-0.1, -0.05) is 47.6 Å². The maximum Gasteiger partial charge on any atom is 0.358 e. The van der Waals surface area contributed by atoms with E-state index in [4.69, 9.17) is 15.3 Å². The summed E-state index contributed by atoms with van der Waals surface area (Å²) in [7, 11) is 1.59. The Morgan fingerprint density at radius 3 is 2.41 bits per heavy atom. The largest absolute Gasteiger partial charge is 0.497 e. The van der Waals surface area contributed by atoms with E-state index in [1.165, 1.54) is 6.08 Å². The van der Waals surface area contributed by atoms with Crippen LogP contribution in [0, 0.1) is 0 Å². The molecule has 2 N–H and O–H groups in total. The predicted molar refractivity (Wildman–Crippen MR) is 85.3 cm³/mol. The quantitative estimate of drug-likeness (QED) is 0.302. The lowest BCUT2D eigenvalue weighted by molar-refractivity contribution is -0.137. The van der Waals surface area contributed by atoms with Gasteiger partial charge in [0.25, 0.3) is 0 Å². The lowest BCUT2D eigenvalue weighted by Gasteiger charge is -1.99. The molecule has 5 heteroatoms. The number of carbonyl (C=O) groups excluding carboxylic acids is 1. The number of carbonyl (C=O) groups is 1. The Balaban J connectivity index is 1.93. The maximum absolute atomic E-state index is 11.6. The minimum atomic E-state index is -0.602. The van der Waals surface area contributed by atoms with Gasteiger partial charge in [-0.2, -0.15) is 0 Å². The van der Waals surface area contributed by atoms with Crippen molar-refractivity contribution in [3.05, 3.63) is 71.8 Å². The van der Waals surface area contributed by atoms with Gasteiger partial charge in [0.15, 0.2) is 5.84 Å². The first-order valence-electron chi connectivity index (χ1n) is 6.61. The molecule has 0 saturated carbocycles. The highest BCUT2D eigenvalue weighted by Gasteiger charge is 2.00. The fourth-order valence-electron chi connectivity index (χ4n) is 1.67. The minimum Gasteiger partial charge on any atom is -0.497 e. The predicted octanol–water partition coefficient (Wildman–Crippen LogP) is 2.57. The van der Waals surface area contributed by atoms with Gasteiger partial charge in [-0.3, -0.25) is 0 Å². The van der Waals surface area contributed by atoms with Crippen molar-refractivity contribution in [2.45, 2.75) is 0 Å². The molecule has 2 aromatic rings. The molecule has 0 heterocycles. The number of rotatable bonds is 5. The average molecular weight is 296 g/mol. The van der Waals surface area contributed by atoms with Gasteiger partial charge in [0, 0.05) is 11.6 Å². The number of hydrogen-bond donors (Lipinski definition) is 1. The van der Waals surface area contributed by atoms with Crippen molar-refractivity contribution in [2.75, 3.05) is 7.11 Å². The molecule has 0 aromatic heterocycles. The molecule has 0 radical (unpaired) electrons. The Hall–Kier alpha value is -3.08. The van der Waals surface area contributed by atoms with Crippen LogP contribution in [0.3, 0.4) is 0 Å². The SMILES string of the molecule is COc1ccc(/C=C/C(=O)O/N=C(\N)c2ccccc2)cc1. The van der Waals surface area contributed by atoms with E-state index in [0.29, 0.717) is 5.56 Å². The molecule has 2 rings (SSSR count). The summed E-state index contributed by atoms with van der Waals surface area (Å²) >= 11 is 0. The van der Waals surface area contributed by atoms with Crippen LogP contribution in [0.2, 0.25) is 0 Å². The molecule has 0 amide bonds. The molecule has 0 aliphatic carbocycles. The summed E-state index contributed by atoms with van der Waals surface area (Å²) in [5.74, 6) is 0.293. The summed E-state index contributed by atoms with van der Waals surface area (Å²) in [6, 6.07) is 16.3. The molecule has 5 nitrogen and oxygen atoms in total. The van der Waals surface area contributed by atoms with Crippen molar-refractivity contribution in [3.63, 3.8) is 0 Å². The van der Waals surface area contributed by atoms with Crippen molar-refractivity contribution in [1.82, 2.24) is 0 Å². The van der Waals surface area contributed by atoms with E-state index >= 15 is 0 Å². The number of ether oxygens (including phenoxy) is 1. The van der Waals surface area contributed by atoms with E-state index in [1.54, 1.807) is 37.5 Å². The molecular weight excluding hydrogens is 280 g/mol. The monoisotopic (exact) mass is 296 g/mol. The van der Waals surface area contributed by atoms with Crippen LogP contribution >= 0.6 is 0 Å². The van der Waals surface area contributed by atoms with Gasteiger partial charge in [-0.25, -0.2) is 4.79 Å². The fraction of sp³-hybridized carbons (Fsp3) is 0.0588. The van der Waals surface area contributed by atoms with Crippen molar-refractivity contribution in [2.24, 2.45) is 10.9 Å². The molecule has 0 bridgehead atoms. The van der Waals surface area contributed by atoms with Crippen LogP contribution in [0.4, 0.5) is 0 Å². The van der Waals surface area contributed by atoms with Crippen LogP contribution in [-0.2, 0) is 9.63 Å². The Morgan fingerprint density at radius 2 is 1.77 bits per heavy atom. The summed E-state index contributed by atoms with van der Waals surface area (Å²) in [4.78, 5) is 16.3. The number of amidine groups is 1. The third-order valence-corrected chi connectivity index (χ3v) is 2.83. The maximum atomic E-state index is 11.6. The van der Waals surface area contributed by atoms with Crippen LogP contribution in [-0.4, -0.2) is 18.9 Å². The van der Waals surface area contributed by atoms with Gasteiger partial charge in [0.1, 0.15) is 5.75 Å². The third kappa shape index (κ3) is 4.49. The van der Waals surface area contributed by atoms with Crippen LogP contribution in [0.1, 0.15) is 11.1 Å². The first-order valence-corrected chi connectivity index (χ1v) is 6.61. The summed E-state index contributed by atoms with van der Waals surface area (Å²) in [5, 5.41) is 3.61. The van der Waals surface area contributed by atoms with E-state index in [-0.39, 0.29) is 5.84 Å². The average Bonchev–Trinajstić information content (AvgIpc) is 2.59. The summed E-state index contributed by atoms with van der Waals surface area (Å²) in [6.07, 6.45) is 2.90. The van der Waals surface area contributed by atoms with Gasteiger partial charge in [0.05, 0.1) is 7.11 Å². The van der Waals surface area contributed by atoms with Gasteiger partial charge in [0.2, 0.25) is 0 Å². The lowest BCUT2D eigenvalue weighted by atomic mass is 10.2. The van der Waals surface area contributed by atoms with Crippen molar-refractivity contribution in [3.8, 4) is 5.75 Å². The van der Waals surface area contributed by atoms with E-state index < -0.39 is 5.97 Å². The Bertz CT molecular complexity index is 677. The smallest absolute Gasteiger partial charge is 0.358 e. The topological polar surface area (TPSA) is 73.9 Å². The highest BCUT2D eigenvalue weighted by molar-refractivity contribution is 5.97. The minimum absolute atomic E-state index is 0.145. The molecule has 22 heavy (non-hydrogen) atoms. The first kappa shape index (κ1) is 15.3. The molecule has 0 aliphatic rings. The molecule has 2 aromatic carbocycles. The van der Waals surface area contributed by atoms with E-state index in [0.717, 1.165) is 11.3 Å². The van der Waals surface area contributed by atoms with Crippen LogP contribution < -0.4 is 10.5 Å². The Kier molecular flexibility index (Phi) is 5.31. The zero-order valence-corrected chi connectivity index (χ0v) is 12.1. The number of nitrogens with two attached hydrogens (primary N) is 1.